The quantitative estimate of drug-likeness (QED) is 0.566. The van der Waals surface area contributed by atoms with Gasteiger partial charge in [-0.05, 0) is 67.9 Å². The van der Waals surface area contributed by atoms with E-state index in [-0.39, 0.29) is 65.9 Å². The minimum absolute atomic E-state index is 0.0265. The van der Waals surface area contributed by atoms with Gasteiger partial charge in [0.25, 0.3) is 10.0 Å². The molecule has 2 bridgehead atoms. The summed E-state index contributed by atoms with van der Waals surface area (Å²) in [7, 11) is -3.95. The fourth-order valence-corrected chi connectivity index (χ4v) is 7.06. The smallest absolute Gasteiger partial charge is 0.311 e. The van der Waals surface area contributed by atoms with Crippen LogP contribution >= 0.6 is 0 Å². The number of amidine groups is 1. The maximum atomic E-state index is 13.8. The van der Waals surface area contributed by atoms with Crippen LogP contribution in [0.15, 0.2) is 57.8 Å². The molecule has 2 aliphatic carbocycles. The fourth-order valence-electron chi connectivity index (χ4n) is 5.91. The van der Waals surface area contributed by atoms with Crippen molar-refractivity contribution in [1.82, 2.24) is 4.90 Å². The molecule has 1 heterocycles. The van der Waals surface area contributed by atoms with Crippen LogP contribution in [0.3, 0.4) is 0 Å². The summed E-state index contributed by atoms with van der Waals surface area (Å²) in [6.45, 7) is 2.18. The molecule has 0 aromatic heterocycles. The summed E-state index contributed by atoms with van der Waals surface area (Å²) < 4.78 is 48.1. The van der Waals surface area contributed by atoms with Crippen LogP contribution in [0.25, 0.3) is 0 Å². The number of carbonyl (C=O) groups is 2. The van der Waals surface area contributed by atoms with Crippen LogP contribution in [-0.2, 0) is 30.9 Å². The van der Waals surface area contributed by atoms with E-state index in [0.717, 1.165) is 19.3 Å². The van der Waals surface area contributed by atoms with Crippen molar-refractivity contribution in [3.05, 3.63) is 59.9 Å². The fraction of sp³-hybridized carbons (Fsp3) is 0.423. The monoisotopic (exact) mass is 513 g/mol. The van der Waals surface area contributed by atoms with Gasteiger partial charge in [0, 0.05) is 12.6 Å². The zero-order valence-electron chi connectivity index (χ0n) is 19.9. The Hall–Kier alpha value is -3.27. The largest absolute Gasteiger partial charge is 0.466 e. The lowest BCUT2D eigenvalue weighted by atomic mass is 9.83. The Kier molecular flexibility index (Phi) is 6.55. The van der Waals surface area contributed by atoms with Gasteiger partial charge >= 0.3 is 5.97 Å². The molecule has 2 unspecified atom stereocenters. The third-order valence-electron chi connectivity index (χ3n) is 7.37. The van der Waals surface area contributed by atoms with E-state index in [0.29, 0.717) is 11.3 Å². The molecule has 2 fully saturated rings. The molecule has 0 radical (unpaired) electrons. The second kappa shape index (κ2) is 9.65. The summed E-state index contributed by atoms with van der Waals surface area (Å²) in [5, 5.41) is 2.97. The van der Waals surface area contributed by atoms with Crippen molar-refractivity contribution in [2.24, 2.45) is 22.2 Å². The van der Waals surface area contributed by atoms with Gasteiger partial charge in [0.2, 0.25) is 5.91 Å². The van der Waals surface area contributed by atoms with Crippen LogP contribution in [0.2, 0.25) is 0 Å². The Morgan fingerprint density at radius 2 is 1.83 bits per heavy atom. The number of fused-ring (bicyclic) bond motifs is 3. The third-order valence-corrected chi connectivity index (χ3v) is 8.74. The van der Waals surface area contributed by atoms with E-state index < -0.39 is 15.9 Å². The molecule has 10 heteroatoms. The first-order valence-corrected chi connectivity index (χ1v) is 13.6. The summed E-state index contributed by atoms with van der Waals surface area (Å²) in [6.07, 6.45) is 2.37. The van der Waals surface area contributed by atoms with Crippen LogP contribution < -0.4 is 5.32 Å². The summed E-state index contributed by atoms with van der Waals surface area (Å²) >= 11 is 0. The van der Waals surface area contributed by atoms with E-state index in [1.807, 2.05) is 0 Å². The average Bonchev–Trinajstić information content (AvgIpc) is 3.45. The van der Waals surface area contributed by atoms with Gasteiger partial charge in [0.05, 0.1) is 24.6 Å². The highest BCUT2D eigenvalue weighted by molar-refractivity contribution is 7.90. The second-order valence-corrected chi connectivity index (χ2v) is 11.1. The number of rotatable bonds is 7. The first-order valence-electron chi connectivity index (χ1n) is 12.2. The Bertz CT molecular complexity index is 1310. The van der Waals surface area contributed by atoms with Crippen molar-refractivity contribution >= 4 is 33.4 Å². The molecule has 5 rings (SSSR count). The number of esters is 1. The van der Waals surface area contributed by atoms with E-state index in [2.05, 4.69) is 9.71 Å². The van der Waals surface area contributed by atoms with Crippen LogP contribution in [0, 0.1) is 23.6 Å². The summed E-state index contributed by atoms with van der Waals surface area (Å²) in [6, 6.07) is 11.9. The van der Waals surface area contributed by atoms with Gasteiger partial charge in [0.15, 0.2) is 0 Å². The molecule has 2 aromatic carbocycles. The predicted molar refractivity (Wildman–Crippen MR) is 131 cm³/mol. The Morgan fingerprint density at radius 1 is 1.11 bits per heavy atom. The molecule has 3 aliphatic rings. The maximum Gasteiger partial charge on any atom is 0.311 e. The molecule has 1 aliphatic heterocycles. The summed E-state index contributed by atoms with van der Waals surface area (Å²) in [5.74, 6) is -1.19. The Morgan fingerprint density at radius 3 is 2.58 bits per heavy atom. The standard InChI is InChI=1S/C26H28FN3O5S/c1-2-35-26(32)24-17-9-10-18(13-17)25(24)30(15-16-7-11-19(27)12-8-16)23(31)14-22-28-20-5-3-4-6-21(20)36(33,34)29-22/h3-8,11-12,17-18,24-25H,2,9-10,13-15H2,1H3,(H,28,29)/t17-,18+,24?,25?/m0/s1. The minimum Gasteiger partial charge on any atom is -0.466 e. The Labute approximate surface area is 209 Å². The van der Waals surface area contributed by atoms with Gasteiger partial charge in [-0.1, -0.05) is 24.3 Å². The Balaban J connectivity index is 1.46. The molecule has 2 saturated carbocycles. The van der Waals surface area contributed by atoms with E-state index in [1.165, 1.54) is 18.2 Å². The van der Waals surface area contributed by atoms with Crippen LogP contribution in [0.4, 0.5) is 10.1 Å². The number of sulfonamides is 1. The van der Waals surface area contributed by atoms with E-state index in [4.69, 9.17) is 4.74 Å². The number of amides is 1. The molecular formula is C26H28FN3O5S. The lowest BCUT2D eigenvalue weighted by Gasteiger charge is -2.39. The highest BCUT2D eigenvalue weighted by Crippen LogP contribution is 2.51. The predicted octanol–water partition coefficient (Wildman–Crippen LogP) is 3.74. The number of hydrogen-bond acceptors (Lipinski definition) is 6. The van der Waals surface area contributed by atoms with E-state index >= 15 is 0 Å². The van der Waals surface area contributed by atoms with E-state index in [1.54, 1.807) is 42.2 Å². The lowest BCUT2D eigenvalue weighted by Crippen LogP contribution is -2.50. The highest BCUT2D eigenvalue weighted by atomic mass is 32.2. The van der Waals surface area contributed by atoms with Crippen molar-refractivity contribution in [1.29, 1.82) is 0 Å². The molecule has 0 saturated heterocycles. The zero-order valence-corrected chi connectivity index (χ0v) is 20.7. The number of carbonyl (C=O) groups excluding carboxylic acids is 2. The van der Waals surface area contributed by atoms with Crippen LogP contribution in [0.1, 0.15) is 38.2 Å². The molecule has 36 heavy (non-hydrogen) atoms. The maximum absolute atomic E-state index is 13.8. The number of nitrogens with one attached hydrogen (secondary N) is 1. The van der Waals surface area contributed by atoms with Crippen molar-refractivity contribution in [2.75, 3.05) is 11.9 Å². The van der Waals surface area contributed by atoms with Crippen molar-refractivity contribution < 1.29 is 27.1 Å². The second-order valence-electron chi connectivity index (χ2n) is 9.56. The van der Waals surface area contributed by atoms with Gasteiger partial charge in [0.1, 0.15) is 16.5 Å². The van der Waals surface area contributed by atoms with Crippen molar-refractivity contribution in [3.63, 3.8) is 0 Å². The minimum atomic E-state index is -3.95. The van der Waals surface area contributed by atoms with Gasteiger partial charge < -0.3 is 15.0 Å². The summed E-state index contributed by atoms with van der Waals surface area (Å²) in [5.41, 5.74) is 1.08. The van der Waals surface area contributed by atoms with Gasteiger partial charge in [-0.15, -0.1) is 4.40 Å². The number of ether oxygens (including phenoxy) is 1. The highest BCUT2D eigenvalue weighted by Gasteiger charge is 2.54. The van der Waals surface area contributed by atoms with Gasteiger partial charge in [-0.25, -0.2) is 4.39 Å². The number of anilines is 1. The molecule has 1 amide bonds. The molecule has 1 N–H and O–H groups in total. The number of hydrogen-bond donors (Lipinski definition) is 1. The summed E-state index contributed by atoms with van der Waals surface area (Å²) in [4.78, 5) is 28.4. The normalized spacial score (nSPS) is 25.4. The zero-order chi connectivity index (χ0) is 25.4. The SMILES string of the molecule is CCOC(=O)C1C(N(Cc2ccc(F)cc2)C(=O)CC2=NS(=O)(=O)c3ccccc3N2)[C@@H]2CC[C@H]1C2. The van der Waals surface area contributed by atoms with Crippen LogP contribution in [-0.4, -0.2) is 43.7 Å². The average molecular weight is 514 g/mol. The third kappa shape index (κ3) is 4.61. The lowest BCUT2D eigenvalue weighted by molar-refractivity contribution is -0.154. The van der Waals surface area contributed by atoms with Crippen LogP contribution in [0.5, 0.6) is 0 Å². The number of benzene rings is 2. The molecular weight excluding hydrogens is 485 g/mol. The van der Waals surface area contributed by atoms with Gasteiger partial charge in [-0.2, -0.15) is 8.42 Å². The molecule has 4 atom stereocenters. The molecule has 190 valence electrons. The first-order chi connectivity index (χ1) is 17.3. The topological polar surface area (TPSA) is 105 Å². The van der Waals surface area contributed by atoms with Crippen molar-refractivity contribution in [3.8, 4) is 0 Å². The van der Waals surface area contributed by atoms with Gasteiger partial charge in [-0.3, -0.25) is 9.59 Å². The number of nitrogens with zero attached hydrogens (tertiary/aromatic N) is 2. The first kappa shape index (κ1) is 24.4. The van der Waals surface area contributed by atoms with E-state index in [9.17, 15) is 22.4 Å². The molecule has 2 aromatic rings. The number of para-hydroxylation sites is 1. The van der Waals surface area contributed by atoms with Crippen molar-refractivity contribution in [2.45, 2.75) is 50.1 Å². The molecule has 8 nitrogen and oxygen atoms in total. The number of halogens is 1. The molecule has 0 spiro atoms.